The first-order chi connectivity index (χ1) is 6.31. The molecule has 1 rings (SSSR count). The third-order valence-electron chi connectivity index (χ3n) is 2.17. The van der Waals surface area contributed by atoms with Gasteiger partial charge in [-0.1, -0.05) is 26.0 Å². The van der Waals surface area contributed by atoms with E-state index in [0.717, 1.165) is 12.1 Å². The fourth-order valence-corrected chi connectivity index (χ4v) is 1.52. The monoisotopic (exact) mass is 195 g/mol. The molecule has 3 heteroatoms. The molecule has 1 aromatic rings. The Kier molecular flexibility index (Phi) is 2.98. The molecule has 3 nitrogen and oxygen atoms in total. The summed E-state index contributed by atoms with van der Waals surface area (Å²) in [4.78, 5) is 0. The van der Waals surface area contributed by atoms with Gasteiger partial charge in [-0.15, -0.1) is 5.10 Å². The van der Waals surface area contributed by atoms with Crippen LogP contribution in [0.2, 0.25) is 0 Å². The average Bonchev–Trinajstić information content (AvgIpc) is 2.29. The molecule has 0 aliphatic rings. The fraction of sp³-hybridized carbons (Fsp3) is 0.818. The van der Waals surface area contributed by atoms with Gasteiger partial charge in [0.1, 0.15) is 0 Å². The highest BCUT2D eigenvalue weighted by Crippen LogP contribution is 2.23. The number of hydrogen-bond acceptors (Lipinski definition) is 2. The van der Waals surface area contributed by atoms with E-state index in [0.29, 0.717) is 11.5 Å². The van der Waals surface area contributed by atoms with Gasteiger partial charge in [-0.05, 0) is 32.6 Å². The largest absolute Gasteiger partial charge is 0.247 e. The first kappa shape index (κ1) is 11.2. The molecule has 0 spiro atoms. The van der Waals surface area contributed by atoms with Crippen molar-refractivity contribution in [1.82, 2.24) is 15.0 Å². The molecule has 0 saturated heterocycles. The molecule has 1 heterocycles. The maximum Gasteiger partial charge on any atom is 0.0828 e. The van der Waals surface area contributed by atoms with Crippen molar-refractivity contribution < 1.29 is 0 Å². The van der Waals surface area contributed by atoms with Crippen LogP contribution in [-0.4, -0.2) is 15.0 Å². The smallest absolute Gasteiger partial charge is 0.0828 e. The molecule has 0 fully saturated rings. The number of aromatic nitrogens is 3. The van der Waals surface area contributed by atoms with Gasteiger partial charge < -0.3 is 0 Å². The van der Waals surface area contributed by atoms with E-state index >= 15 is 0 Å². The summed E-state index contributed by atoms with van der Waals surface area (Å²) in [6.07, 6.45) is 1.03. The van der Waals surface area contributed by atoms with Gasteiger partial charge in [0.25, 0.3) is 0 Å². The van der Waals surface area contributed by atoms with Gasteiger partial charge in [0.05, 0.1) is 11.4 Å². The van der Waals surface area contributed by atoms with E-state index in [1.165, 1.54) is 5.69 Å². The molecule has 0 amide bonds. The molecule has 80 valence electrons. The molecule has 0 atom stereocenters. The van der Waals surface area contributed by atoms with Gasteiger partial charge in [-0.2, -0.15) is 0 Å². The molecule has 14 heavy (non-hydrogen) atoms. The number of hydrogen-bond donors (Lipinski definition) is 0. The summed E-state index contributed by atoms with van der Waals surface area (Å²) < 4.78 is 2.03. The second kappa shape index (κ2) is 3.71. The molecule has 0 bridgehead atoms. The summed E-state index contributed by atoms with van der Waals surface area (Å²) >= 11 is 0. The predicted molar refractivity (Wildman–Crippen MR) is 58.3 cm³/mol. The third-order valence-corrected chi connectivity index (χ3v) is 2.17. The Morgan fingerprint density at radius 1 is 1.29 bits per heavy atom. The van der Waals surface area contributed by atoms with E-state index in [2.05, 4.69) is 44.9 Å². The second-order valence-electron chi connectivity index (χ2n) is 5.40. The minimum absolute atomic E-state index is 0.291. The van der Waals surface area contributed by atoms with E-state index in [-0.39, 0.29) is 0 Å². The van der Waals surface area contributed by atoms with Crippen LogP contribution < -0.4 is 0 Å². The van der Waals surface area contributed by atoms with Gasteiger partial charge in [0.2, 0.25) is 0 Å². The van der Waals surface area contributed by atoms with Crippen LogP contribution in [0, 0.1) is 12.3 Å². The van der Waals surface area contributed by atoms with Crippen LogP contribution in [-0.2, 0) is 6.42 Å². The van der Waals surface area contributed by atoms with E-state index in [9.17, 15) is 0 Å². The molecular weight excluding hydrogens is 174 g/mol. The van der Waals surface area contributed by atoms with Gasteiger partial charge in [-0.3, -0.25) is 0 Å². The molecule has 1 aromatic heterocycles. The zero-order valence-corrected chi connectivity index (χ0v) is 10.1. The summed E-state index contributed by atoms with van der Waals surface area (Å²) in [6.45, 7) is 13.0. The summed E-state index contributed by atoms with van der Waals surface area (Å²) in [5.41, 5.74) is 2.63. The van der Waals surface area contributed by atoms with E-state index < -0.39 is 0 Å². The van der Waals surface area contributed by atoms with Gasteiger partial charge in [-0.25, -0.2) is 4.68 Å². The van der Waals surface area contributed by atoms with E-state index in [4.69, 9.17) is 0 Å². The van der Waals surface area contributed by atoms with Crippen LogP contribution in [0.1, 0.15) is 52.0 Å². The molecule has 0 N–H and O–H groups in total. The van der Waals surface area contributed by atoms with Crippen molar-refractivity contribution in [2.75, 3.05) is 0 Å². The van der Waals surface area contributed by atoms with Crippen molar-refractivity contribution >= 4 is 0 Å². The third kappa shape index (κ3) is 2.56. The Morgan fingerprint density at radius 3 is 2.29 bits per heavy atom. The Morgan fingerprint density at radius 2 is 1.86 bits per heavy atom. The van der Waals surface area contributed by atoms with Gasteiger partial charge in [0, 0.05) is 6.04 Å². The molecular formula is C11H21N3. The minimum Gasteiger partial charge on any atom is -0.247 e. The lowest BCUT2D eigenvalue weighted by molar-refractivity contribution is 0.381. The highest BCUT2D eigenvalue weighted by molar-refractivity contribution is 5.10. The van der Waals surface area contributed by atoms with Crippen molar-refractivity contribution in [3.63, 3.8) is 0 Å². The van der Waals surface area contributed by atoms with Crippen LogP contribution in [0.3, 0.4) is 0 Å². The molecule has 0 aliphatic heterocycles. The van der Waals surface area contributed by atoms with Gasteiger partial charge in [0.15, 0.2) is 0 Å². The average molecular weight is 195 g/mol. The molecule has 0 radical (unpaired) electrons. The molecule has 0 saturated carbocycles. The quantitative estimate of drug-likeness (QED) is 0.726. The lowest BCUT2D eigenvalue weighted by atomic mass is 9.90. The van der Waals surface area contributed by atoms with Crippen LogP contribution in [0.5, 0.6) is 0 Å². The summed E-state index contributed by atoms with van der Waals surface area (Å²) in [6, 6.07) is 0.397. The minimum atomic E-state index is 0.291. The summed E-state index contributed by atoms with van der Waals surface area (Å²) in [5, 5.41) is 8.30. The second-order valence-corrected chi connectivity index (χ2v) is 5.40. The lowest BCUT2D eigenvalue weighted by Crippen LogP contribution is -2.16. The van der Waals surface area contributed by atoms with E-state index in [1.54, 1.807) is 0 Å². The molecule has 0 aromatic carbocycles. The topological polar surface area (TPSA) is 30.7 Å². The van der Waals surface area contributed by atoms with Crippen molar-refractivity contribution in [1.29, 1.82) is 0 Å². The van der Waals surface area contributed by atoms with Crippen molar-refractivity contribution in [3.8, 4) is 0 Å². The Labute approximate surface area is 86.5 Å². The first-order valence-corrected chi connectivity index (χ1v) is 5.22. The standard InChI is InChI=1S/C11H21N3/c1-8(2)14-10(7-11(4,5)6)9(3)12-13-14/h8H,7H2,1-6H3. The lowest BCUT2D eigenvalue weighted by Gasteiger charge is -2.20. The zero-order valence-electron chi connectivity index (χ0n) is 10.1. The normalized spacial score (nSPS) is 12.5. The first-order valence-electron chi connectivity index (χ1n) is 5.22. The number of rotatable bonds is 2. The Balaban J connectivity index is 3.00. The van der Waals surface area contributed by atoms with Gasteiger partial charge >= 0.3 is 0 Å². The maximum absolute atomic E-state index is 4.17. The highest BCUT2D eigenvalue weighted by atomic mass is 15.4. The maximum atomic E-state index is 4.17. The van der Waals surface area contributed by atoms with Crippen molar-refractivity contribution in [3.05, 3.63) is 11.4 Å². The summed E-state index contributed by atoms with van der Waals surface area (Å²) in [5.74, 6) is 0. The van der Waals surface area contributed by atoms with Crippen LogP contribution in [0.4, 0.5) is 0 Å². The SMILES string of the molecule is Cc1nnn(C(C)C)c1CC(C)(C)C. The van der Waals surface area contributed by atoms with Crippen molar-refractivity contribution in [2.45, 2.75) is 54.0 Å². The Hall–Kier alpha value is -0.860. The summed E-state index contributed by atoms with van der Waals surface area (Å²) in [7, 11) is 0. The molecule has 0 aliphatic carbocycles. The zero-order chi connectivity index (χ0) is 10.9. The van der Waals surface area contributed by atoms with Crippen LogP contribution >= 0.6 is 0 Å². The Bertz CT molecular complexity index is 305. The predicted octanol–water partition coefficient (Wildman–Crippen LogP) is 2.76. The van der Waals surface area contributed by atoms with E-state index in [1.807, 2.05) is 11.6 Å². The number of nitrogens with zero attached hydrogens (tertiary/aromatic N) is 3. The van der Waals surface area contributed by atoms with Crippen molar-refractivity contribution in [2.24, 2.45) is 5.41 Å². The number of aryl methyl sites for hydroxylation is 1. The molecule has 0 unspecified atom stereocenters. The fourth-order valence-electron chi connectivity index (χ4n) is 1.52. The highest BCUT2D eigenvalue weighted by Gasteiger charge is 2.19. The van der Waals surface area contributed by atoms with Crippen LogP contribution in [0.25, 0.3) is 0 Å². The van der Waals surface area contributed by atoms with Crippen LogP contribution in [0.15, 0.2) is 0 Å².